The maximum atomic E-state index is 8.94. The number of aliphatic hydroxyl groups is 1. The molecule has 9 heavy (non-hydrogen) atoms. The van der Waals surface area contributed by atoms with Crippen LogP contribution in [0.2, 0.25) is 0 Å². The summed E-state index contributed by atoms with van der Waals surface area (Å²) in [5.41, 5.74) is 0.887. The van der Waals surface area contributed by atoms with Gasteiger partial charge in [-0.05, 0) is 5.56 Å². The van der Waals surface area contributed by atoms with E-state index in [1.165, 1.54) is 0 Å². The minimum atomic E-state index is -0.529. The van der Waals surface area contributed by atoms with Crippen LogP contribution >= 0.6 is 15.9 Å². The molecule has 1 aromatic carbocycles. The first-order chi connectivity index (χ1) is 4.30. The lowest BCUT2D eigenvalue weighted by molar-refractivity contribution is 0.277. The van der Waals surface area contributed by atoms with Gasteiger partial charge in [-0.25, -0.2) is 0 Å². The van der Waals surface area contributed by atoms with Crippen molar-refractivity contribution in [2.45, 2.75) is 5.01 Å². The summed E-state index contributed by atoms with van der Waals surface area (Å²) in [5.74, 6) is 0. The third-order valence-corrected chi connectivity index (χ3v) is 1.60. The van der Waals surface area contributed by atoms with Crippen LogP contribution in [0.4, 0.5) is 0 Å². The number of benzene rings is 1. The number of hydrogen-bond acceptors (Lipinski definition) is 1. The Morgan fingerprint density at radius 1 is 1.22 bits per heavy atom. The smallest absolute Gasteiger partial charge is 0.134 e. The quantitative estimate of drug-likeness (QED) is 0.667. The Balaban J connectivity index is 2.85. The summed E-state index contributed by atoms with van der Waals surface area (Å²) in [5, 5.41) is 8.41. The third kappa shape index (κ3) is 1.80. The molecule has 2 heteroatoms. The highest BCUT2D eigenvalue weighted by Crippen LogP contribution is 2.17. The van der Waals surface area contributed by atoms with Gasteiger partial charge in [-0.15, -0.1) is 0 Å². The maximum Gasteiger partial charge on any atom is 0.134 e. The number of aliphatic hydroxyl groups excluding tert-OH is 1. The van der Waals surface area contributed by atoms with Crippen LogP contribution in [0.5, 0.6) is 0 Å². The topological polar surface area (TPSA) is 20.2 Å². The molecule has 0 aliphatic carbocycles. The van der Waals surface area contributed by atoms with Crippen molar-refractivity contribution in [3.63, 3.8) is 0 Å². The Morgan fingerprint density at radius 3 is 2.11 bits per heavy atom. The van der Waals surface area contributed by atoms with E-state index in [9.17, 15) is 0 Å². The van der Waals surface area contributed by atoms with Crippen molar-refractivity contribution < 1.29 is 5.11 Å². The molecule has 0 aliphatic rings. The van der Waals surface area contributed by atoms with E-state index in [-0.39, 0.29) is 0 Å². The lowest BCUT2D eigenvalue weighted by atomic mass is 10.2. The standard InChI is InChI=1S/C7H7BrO/c8-7(9)6-4-2-1-3-5-6/h1-5,7,9H. The fraction of sp³-hybridized carbons (Fsp3) is 0.143. The Labute approximate surface area is 62.5 Å². The highest BCUT2D eigenvalue weighted by molar-refractivity contribution is 9.09. The molecule has 0 aliphatic heterocycles. The minimum absolute atomic E-state index is 0.529. The van der Waals surface area contributed by atoms with E-state index < -0.39 is 5.01 Å². The number of hydrogen-bond donors (Lipinski definition) is 1. The molecule has 0 fully saturated rings. The second-order valence-electron chi connectivity index (χ2n) is 1.75. The number of rotatable bonds is 1. The van der Waals surface area contributed by atoms with Crippen LogP contribution in [-0.2, 0) is 0 Å². The van der Waals surface area contributed by atoms with Gasteiger partial charge in [0.15, 0.2) is 0 Å². The SMILES string of the molecule is OC(Br)c1ccccc1. The van der Waals surface area contributed by atoms with Gasteiger partial charge in [0.2, 0.25) is 0 Å². The van der Waals surface area contributed by atoms with Crippen LogP contribution in [0.25, 0.3) is 0 Å². The van der Waals surface area contributed by atoms with Crippen molar-refractivity contribution in [3.8, 4) is 0 Å². The van der Waals surface area contributed by atoms with E-state index in [4.69, 9.17) is 5.11 Å². The van der Waals surface area contributed by atoms with Crippen LogP contribution < -0.4 is 0 Å². The zero-order valence-electron chi connectivity index (χ0n) is 4.79. The normalized spacial score (nSPS) is 13.1. The molecule has 0 saturated carbocycles. The first-order valence-corrected chi connectivity index (χ1v) is 3.59. The first kappa shape index (κ1) is 6.78. The summed E-state index contributed by atoms with van der Waals surface area (Å²) < 4.78 is 0. The van der Waals surface area contributed by atoms with Crippen molar-refractivity contribution in [2.75, 3.05) is 0 Å². The highest BCUT2D eigenvalue weighted by atomic mass is 79.9. The molecule has 0 bridgehead atoms. The Kier molecular flexibility index (Phi) is 2.25. The average Bonchev–Trinajstić information content (AvgIpc) is 1.90. The predicted octanol–water partition coefficient (Wildman–Crippen LogP) is 2.07. The summed E-state index contributed by atoms with van der Waals surface area (Å²) in [6, 6.07) is 9.41. The molecule has 1 unspecified atom stereocenters. The lowest BCUT2D eigenvalue weighted by Gasteiger charge is -1.99. The van der Waals surface area contributed by atoms with E-state index in [0.29, 0.717) is 0 Å². The molecular formula is C7H7BrO. The summed E-state index contributed by atoms with van der Waals surface area (Å²) >= 11 is 3.04. The van der Waals surface area contributed by atoms with Gasteiger partial charge >= 0.3 is 0 Å². The number of halogens is 1. The number of alkyl halides is 1. The predicted molar refractivity (Wildman–Crippen MR) is 40.3 cm³/mol. The largest absolute Gasteiger partial charge is 0.377 e. The Morgan fingerprint density at radius 2 is 1.78 bits per heavy atom. The van der Waals surface area contributed by atoms with Gasteiger partial charge < -0.3 is 5.11 Å². The van der Waals surface area contributed by atoms with Gasteiger partial charge in [-0.3, -0.25) is 0 Å². The monoisotopic (exact) mass is 186 g/mol. The summed E-state index contributed by atoms with van der Waals surface area (Å²) in [6.07, 6.45) is 0. The first-order valence-electron chi connectivity index (χ1n) is 2.68. The molecule has 0 radical (unpaired) electrons. The fourth-order valence-corrected chi connectivity index (χ4v) is 0.917. The third-order valence-electron chi connectivity index (χ3n) is 1.07. The molecule has 1 atom stereocenters. The van der Waals surface area contributed by atoms with Crippen molar-refractivity contribution in [3.05, 3.63) is 35.9 Å². The molecule has 0 amide bonds. The molecule has 0 aromatic heterocycles. The van der Waals surface area contributed by atoms with E-state index in [0.717, 1.165) is 5.56 Å². The van der Waals surface area contributed by atoms with Crippen LogP contribution in [-0.4, -0.2) is 5.11 Å². The summed E-state index contributed by atoms with van der Waals surface area (Å²) in [4.78, 5) is 0. The zero-order chi connectivity index (χ0) is 6.69. The van der Waals surface area contributed by atoms with E-state index >= 15 is 0 Å². The second-order valence-corrected chi connectivity index (χ2v) is 2.61. The van der Waals surface area contributed by atoms with Crippen molar-refractivity contribution in [2.24, 2.45) is 0 Å². The maximum absolute atomic E-state index is 8.94. The molecule has 1 aromatic rings. The van der Waals surface area contributed by atoms with Gasteiger partial charge in [0, 0.05) is 0 Å². The van der Waals surface area contributed by atoms with Crippen molar-refractivity contribution >= 4 is 15.9 Å². The second kappa shape index (κ2) is 2.99. The fourth-order valence-electron chi connectivity index (χ4n) is 0.612. The van der Waals surface area contributed by atoms with E-state index in [2.05, 4.69) is 15.9 Å². The molecule has 1 N–H and O–H groups in total. The molecular weight excluding hydrogens is 180 g/mol. The van der Waals surface area contributed by atoms with Crippen molar-refractivity contribution in [1.82, 2.24) is 0 Å². The summed E-state index contributed by atoms with van der Waals surface area (Å²) in [6.45, 7) is 0. The average molecular weight is 187 g/mol. The van der Waals surface area contributed by atoms with E-state index in [1.54, 1.807) is 0 Å². The molecule has 1 rings (SSSR count). The van der Waals surface area contributed by atoms with Crippen LogP contribution in [0, 0.1) is 0 Å². The Bertz CT molecular complexity index is 172. The highest BCUT2D eigenvalue weighted by Gasteiger charge is 1.97. The van der Waals surface area contributed by atoms with Crippen LogP contribution in [0.1, 0.15) is 10.6 Å². The molecule has 0 heterocycles. The van der Waals surface area contributed by atoms with Gasteiger partial charge in [-0.2, -0.15) is 0 Å². The molecule has 0 spiro atoms. The Hall–Kier alpha value is -0.340. The lowest BCUT2D eigenvalue weighted by Crippen LogP contribution is -1.83. The van der Waals surface area contributed by atoms with Gasteiger partial charge in [0.05, 0.1) is 0 Å². The van der Waals surface area contributed by atoms with Gasteiger partial charge in [-0.1, -0.05) is 46.3 Å². The molecule has 48 valence electrons. The van der Waals surface area contributed by atoms with E-state index in [1.807, 2.05) is 30.3 Å². The minimum Gasteiger partial charge on any atom is -0.377 e. The van der Waals surface area contributed by atoms with Crippen LogP contribution in [0.3, 0.4) is 0 Å². The zero-order valence-corrected chi connectivity index (χ0v) is 6.38. The van der Waals surface area contributed by atoms with Gasteiger partial charge in [0.25, 0.3) is 0 Å². The summed E-state index contributed by atoms with van der Waals surface area (Å²) in [7, 11) is 0. The molecule has 0 saturated heterocycles. The van der Waals surface area contributed by atoms with Crippen molar-refractivity contribution in [1.29, 1.82) is 0 Å². The van der Waals surface area contributed by atoms with Gasteiger partial charge in [0.1, 0.15) is 5.01 Å². The van der Waals surface area contributed by atoms with Crippen LogP contribution in [0.15, 0.2) is 30.3 Å². The molecule has 1 nitrogen and oxygen atoms in total.